The molecular formula is C15H27NO3. The van der Waals surface area contributed by atoms with E-state index in [1.165, 1.54) is 19.3 Å². The lowest BCUT2D eigenvalue weighted by atomic mass is 9.81. The lowest BCUT2D eigenvalue weighted by molar-refractivity contribution is 0.0465. The first-order valence-electron chi connectivity index (χ1n) is 7.55. The predicted octanol–water partition coefficient (Wildman–Crippen LogP) is 3.25. The van der Waals surface area contributed by atoms with Crippen LogP contribution >= 0.6 is 0 Å². The SMILES string of the molecule is CC(C)(C)OC(=O)NC1CCCCC1CCC1CO1. The van der Waals surface area contributed by atoms with Gasteiger partial charge in [-0.3, -0.25) is 0 Å². The molecule has 0 radical (unpaired) electrons. The fraction of sp³-hybridized carbons (Fsp3) is 0.933. The largest absolute Gasteiger partial charge is 0.444 e. The molecule has 1 N–H and O–H groups in total. The standard InChI is InChI=1S/C15H27NO3/c1-15(2,3)19-14(17)16-13-7-5-4-6-11(13)8-9-12-10-18-12/h11-13H,4-10H2,1-3H3,(H,16,17). The molecular weight excluding hydrogens is 242 g/mol. The second-order valence-electron chi connectivity index (χ2n) is 6.83. The van der Waals surface area contributed by atoms with Crippen molar-refractivity contribution in [2.45, 2.75) is 77.0 Å². The molecule has 1 saturated carbocycles. The van der Waals surface area contributed by atoms with Gasteiger partial charge in [0.15, 0.2) is 0 Å². The van der Waals surface area contributed by atoms with Crippen LogP contribution in [0.15, 0.2) is 0 Å². The predicted molar refractivity (Wildman–Crippen MR) is 74.1 cm³/mol. The fourth-order valence-corrected chi connectivity index (χ4v) is 2.84. The number of nitrogens with one attached hydrogen (secondary N) is 1. The summed E-state index contributed by atoms with van der Waals surface area (Å²) in [6.07, 6.45) is 7.29. The Bertz CT molecular complexity index is 307. The van der Waals surface area contributed by atoms with E-state index in [4.69, 9.17) is 9.47 Å². The Morgan fingerprint density at radius 3 is 2.58 bits per heavy atom. The monoisotopic (exact) mass is 269 g/mol. The number of alkyl carbamates (subject to hydrolysis) is 1. The maximum atomic E-state index is 11.9. The molecule has 2 fully saturated rings. The molecule has 1 aliphatic heterocycles. The molecule has 0 bridgehead atoms. The Morgan fingerprint density at radius 2 is 1.95 bits per heavy atom. The summed E-state index contributed by atoms with van der Waals surface area (Å²) >= 11 is 0. The van der Waals surface area contributed by atoms with Gasteiger partial charge in [-0.1, -0.05) is 12.8 Å². The highest BCUT2D eigenvalue weighted by Gasteiger charge is 2.30. The number of carbonyl (C=O) groups is 1. The fourth-order valence-electron chi connectivity index (χ4n) is 2.84. The Hall–Kier alpha value is -0.770. The minimum Gasteiger partial charge on any atom is -0.444 e. The van der Waals surface area contributed by atoms with Crippen LogP contribution in [0.3, 0.4) is 0 Å². The van der Waals surface area contributed by atoms with Gasteiger partial charge in [0.25, 0.3) is 0 Å². The number of carbonyl (C=O) groups excluding carboxylic acids is 1. The molecule has 0 spiro atoms. The Morgan fingerprint density at radius 1 is 1.26 bits per heavy atom. The molecule has 110 valence electrons. The van der Waals surface area contributed by atoms with Crippen molar-refractivity contribution in [2.24, 2.45) is 5.92 Å². The van der Waals surface area contributed by atoms with Gasteiger partial charge in [0.05, 0.1) is 12.7 Å². The third kappa shape index (κ3) is 5.39. The Balaban J connectivity index is 1.78. The van der Waals surface area contributed by atoms with Crippen LogP contribution in [0, 0.1) is 5.92 Å². The molecule has 1 heterocycles. The number of hydrogen-bond acceptors (Lipinski definition) is 3. The summed E-state index contributed by atoms with van der Waals surface area (Å²) in [7, 11) is 0. The molecule has 2 rings (SSSR count). The molecule has 3 unspecified atom stereocenters. The molecule has 0 aromatic rings. The second kappa shape index (κ2) is 6.12. The van der Waals surface area contributed by atoms with Gasteiger partial charge in [-0.15, -0.1) is 0 Å². The maximum Gasteiger partial charge on any atom is 0.407 e. The van der Waals surface area contributed by atoms with Crippen LogP contribution < -0.4 is 5.32 Å². The van der Waals surface area contributed by atoms with Gasteiger partial charge in [0.1, 0.15) is 5.60 Å². The highest BCUT2D eigenvalue weighted by atomic mass is 16.6. The van der Waals surface area contributed by atoms with Crippen molar-refractivity contribution in [2.75, 3.05) is 6.61 Å². The van der Waals surface area contributed by atoms with Crippen molar-refractivity contribution >= 4 is 6.09 Å². The molecule has 4 nitrogen and oxygen atoms in total. The third-order valence-electron chi connectivity index (χ3n) is 3.87. The van der Waals surface area contributed by atoms with Crippen molar-refractivity contribution in [1.29, 1.82) is 0 Å². The summed E-state index contributed by atoms with van der Waals surface area (Å²) in [4.78, 5) is 11.9. The van der Waals surface area contributed by atoms with Crippen LogP contribution in [0.25, 0.3) is 0 Å². The molecule has 1 saturated heterocycles. The van der Waals surface area contributed by atoms with Crippen LogP contribution in [0.1, 0.15) is 59.3 Å². The number of hydrogen-bond donors (Lipinski definition) is 1. The number of epoxide rings is 1. The Labute approximate surface area is 116 Å². The van der Waals surface area contributed by atoms with Crippen LogP contribution in [0.5, 0.6) is 0 Å². The summed E-state index contributed by atoms with van der Waals surface area (Å²) in [6, 6.07) is 0.280. The van der Waals surface area contributed by atoms with Crippen molar-refractivity contribution < 1.29 is 14.3 Å². The molecule has 2 aliphatic rings. The van der Waals surface area contributed by atoms with E-state index in [0.717, 1.165) is 25.9 Å². The summed E-state index contributed by atoms with van der Waals surface area (Å²) in [5.41, 5.74) is -0.421. The highest BCUT2D eigenvalue weighted by molar-refractivity contribution is 5.68. The van der Waals surface area contributed by atoms with E-state index in [0.29, 0.717) is 12.0 Å². The number of amides is 1. The first-order chi connectivity index (χ1) is 8.94. The van der Waals surface area contributed by atoms with Gasteiger partial charge < -0.3 is 14.8 Å². The molecule has 0 aromatic carbocycles. The van der Waals surface area contributed by atoms with Crippen molar-refractivity contribution in [3.63, 3.8) is 0 Å². The lowest BCUT2D eigenvalue weighted by Crippen LogP contribution is -2.44. The molecule has 4 heteroatoms. The van der Waals surface area contributed by atoms with E-state index in [2.05, 4.69) is 5.32 Å². The van der Waals surface area contributed by atoms with Crippen LogP contribution in [-0.4, -0.2) is 30.4 Å². The van der Waals surface area contributed by atoms with Crippen molar-refractivity contribution in [3.05, 3.63) is 0 Å². The molecule has 1 aliphatic carbocycles. The zero-order chi connectivity index (χ0) is 13.9. The normalized spacial score (nSPS) is 30.8. The van der Waals surface area contributed by atoms with Gasteiger partial charge in [-0.05, 0) is 52.4 Å². The quantitative estimate of drug-likeness (QED) is 0.797. The van der Waals surface area contributed by atoms with Crippen LogP contribution in [0.4, 0.5) is 4.79 Å². The van der Waals surface area contributed by atoms with E-state index in [1.807, 2.05) is 20.8 Å². The number of ether oxygens (including phenoxy) is 2. The molecule has 0 aromatic heterocycles. The second-order valence-corrected chi connectivity index (χ2v) is 6.83. The summed E-state index contributed by atoms with van der Waals surface area (Å²) < 4.78 is 10.6. The average Bonchev–Trinajstić information content (AvgIpc) is 3.09. The summed E-state index contributed by atoms with van der Waals surface area (Å²) in [5.74, 6) is 0.588. The van der Waals surface area contributed by atoms with Crippen molar-refractivity contribution in [3.8, 4) is 0 Å². The molecule has 1 amide bonds. The third-order valence-corrected chi connectivity index (χ3v) is 3.87. The van der Waals surface area contributed by atoms with Gasteiger partial charge in [-0.2, -0.15) is 0 Å². The van der Waals surface area contributed by atoms with Gasteiger partial charge in [0, 0.05) is 6.04 Å². The zero-order valence-corrected chi connectivity index (χ0v) is 12.4. The van der Waals surface area contributed by atoms with E-state index >= 15 is 0 Å². The minimum absolute atomic E-state index is 0.271. The van der Waals surface area contributed by atoms with E-state index in [-0.39, 0.29) is 12.1 Å². The van der Waals surface area contributed by atoms with Gasteiger partial charge >= 0.3 is 6.09 Å². The minimum atomic E-state index is -0.421. The summed E-state index contributed by atoms with van der Waals surface area (Å²) in [6.45, 7) is 6.62. The van der Waals surface area contributed by atoms with Crippen LogP contribution in [0.2, 0.25) is 0 Å². The zero-order valence-electron chi connectivity index (χ0n) is 12.4. The summed E-state index contributed by atoms with van der Waals surface area (Å²) in [5, 5.41) is 3.07. The van der Waals surface area contributed by atoms with Gasteiger partial charge in [0.2, 0.25) is 0 Å². The maximum absolute atomic E-state index is 11.9. The first-order valence-corrected chi connectivity index (χ1v) is 7.55. The number of rotatable bonds is 4. The topological polar surface area (TPSA) is 50.9 Å². The van der Waals surface area contributed by atoms with E-state index in [1.54, 1.807) is 0 Å². The van der Waals surface area contributed by atoms with E-state index in [9.17, 15) is 4.79 Å². The molecule has 3 atom stereocenters. The van der Waals surface area contributed by atoms with E-state index < -0.39 is 5.60 Å². The average molecular weight is 269 g/mol. The van der Waals surface area contributed by atoms with Crippen molar-refractivity contribution in [1.82, 2.24) is 5.32 Å². The smallest absolute Gasteiger partial charge is 0.407 e. The Kier molecular flexibility index (Phi) is 4.71. The highest BCUT2D eigenvalue weighted by Crippen LogP contribution is 2.30. The molecule has 19 heavy (non-hydrogen) atoms. The first kappa shape index (κ1) is 14.6. The van der Waals surface area contributed by atoms with Gasteiger partial charge in [-0.25, -0.2) is 4.79 Å². The van der Waals surface area contributed by atoms with Crippen LogP contribution in [-0.2, 0) is 9.47 Å². The lowest BCUT2D eigenvalue weighted by Gasteiger charge is -2.33.